The van der Waals surface area contributed by atoms with E-state index in [9.17, 15) is 4.79 Å². The topological polar surface area (TPSA) is 78.3 Å². The molecule has 0 spiro atoms. The van der Waals surface area contributed by atoms with Crippen LogP contribution in [0.15, 0.2) is 28.8 Å². The Morgan fingerprint density at radius 2 is 2.18 bits per heavy atom. The molecule has 1 heterocycles. The van der Waals surface area contributed by atoms with Gasteiger partial charge in [0.2, 0.25) is 5.88 Å². The number of carbonyl (C=O) groups is 1. The molecule has 0 radical (unpaired) electrons. The van der Waals surface area contributed by atoms with Crippen LogP contribution in [0.4, 0.5) is 5.88 Å². The fourth-order valence-electron chi connectivity index (χ4n) is 1.44. The summed E-state index contributed by atoms with van der Waals surface area (Å²) >= 11 is 6.01. The van der Waals surface area contributed by atoms with Gasteiger partial charge in [-0.05, 0) is 6.07 Å². The number of nitrogens with zero attached hydrogens (tertiary/aromatic N) is 1. The highest BCUT2D eigenvalue weighted by molar-refractivity contribution is 6.33. The molecule has 1 aromatic carbocycles. The summed E-state index contributed by atoms with van der Waals surface area (Å²) in [7, 11) is 1.26. The van der Waals surface area contributed by atoms with Gasteiger partial charge in [0.25, 0.3) is 0 Å². The molecule has 0 aliphatic rings. The van der Waals surface area contributed by atoms with Crippen LogP contribution in [0.3, 0.4) is 0 Å². The van der Waals surface area contributed by atoms with E-state index in [1.54, 1.807) is 24.3 Å². The van der Waals surface area contributed by atoms with E-state index in [1.807, 2.05) is 0 Å². The van der Waals surface area contributed by atoms with Gasteiger partial charge in [-0.1, -0.05) is 35.0 Å². The average Bonchev–Trinajstić information content (AvgIpc) is 2.71. The van der Waals surface area contributed by atoms with E-state index in [1.165, 1.54) is 7.11 Å². The number of ether oxygens (including phenoxy) is 1. The molecule has 0 saturated heterocycles. The Morgan fingerprint density at radius 1 is 1.47 bits per heavy atom. The number of aromatic nitrogens is 1. The van der Waals surface area contributed by atoms with Gasteiger partial charge in [0, 0.05) is 5.56 Å². The molecule has 2 N–H and O–H groups in total. The molecule has 6 heteroatoms. The number of nitrogens with two attached hydrogens (primary N) is 1. The van der Waals surface area contributed by atoms with Crippen molar-refractivity contribution in [2.45, 2.75) is 0 Å². The summed E-state index contributed by atoms with van der Waals surface area (Å²) in [6.07, 6.45) is 0. The Bertz CT molecular complexity index is 566. The van der Waals surface area contributed by atoms with Crippen molar-refractivity contribution in [1.82, 2.24) is 5.16 Å². The van der Waals surface area contributed by atoms with Crippen molar-refractivity contribution in [1.29, 1.82) is 0 Å². The molecule has 0 saturated carbocycles. The second kappa shape index (κ2) is 4.47. The summed E-state index contributed by atoms with van der Waals surface area (Å²) in [5.41, 5.74) is 6.46. The summed E-state index contributed by atoms with van der Waals surface area (Å²) in [5.74, 6) is -0.703. The molecule has 0 atom stereocenters. The van der Waals surface area contributed by atoms with Crippen molar-refractivity contribution in [3.05, 3.63) is 34.9 Å². The predicted molar refractivity (Wildman–Crippen MR) is 62.7 cm³/mol. The SMILES string of the molecule is COC(=O)c1c(-c2ccccc2Cl)noc1N. The van der Waals surface area contributed by atoms with E-state index in [0.29, 0.717) is 10.6 Å². The van der Waals surface area contributed by atoms with Gasteiger partial charge in [-0.15, -0.1) is 0 Å². The number of hydrogen-bond acceptors (Lipinski definition) is 5. The lowest BCUT2D eigenvalue weighted by Crippen LogP contribution is -2.05. The first-order valence-electron chi connectivity index (χ1n) is 4.73. The van der Waals surface area contributed by atoms with E-state index in [0.717, 1.165) is 0 Å². The van der Waals surface area contributed by atoms with Crippen molar-refractivity contribution >= 4 is 23.5 Å². The largest absolute Gasteiger partial charge is 0.465 e. The Kier molecular flexibility index (Phi) is 3.01. The molecule has 0 fully saturated rings. The molecule has 0 amide bonds. The molecule has 0 aliphatic heterocycles. The lowest BCUT2D eigenvalue weighted by Gasteiger charge is -2.02. The Labute approximate surface area is 102 Å². The summed E-state index contributed by atoms with van der Waals surface area (Å²) in [5, 5.41) is 4.18. The fraction of sp³-hybridized carbons (Fsp3) is 0.0909. The van der Waals surface area contributed by atoms with Crippen LogP contribution in [0.2, 0.25) is 5.02 Å². The van der Waals surface area contributed by atoms with Crippen molar-refractivity contribution in [3.63, 3.8) is 0 Å². The number of anilines is 1. The molecule has 1 aromatic heterocycles. The van der Waals surface area contributed by atoms with Crippen LogP contribution in [0.5, 0.6) is 0 Å². The first-order valence-corrected chi connectivity index (χ1v) is 5.11. The lowest BCUT2D eigenvalue weighted by atomic mass is 10.1. The number of methoxy groups -OCH3 is 1. The molecule has 5 nitrogen and oxygen atoms in total. The van der Waals surface area contributed by atoms with Crippen LogP contribution < -0.4 is 5.73 Å². The standard InChI is InChI=1S/C11H9ClN2O3/c1-16-11(15)8-9(14-17-10(8)13)6-4-2-3-5-7(6)12/h2-5H,13H2,1H3. The van der Waals surface area contributed by atoms with Crippen LogP contribution in [0.1, 0.15) is 10.4 Å². The smallest absolute Gasteiger partial charge is 0.345 e. The fourth-order valence-corrected chi connectivity index (χ4v) is 1.66. The van der Waals surface area contributed by atoms with E-state index < -0.39 is 5.97 Å². The molecule has 0 aliphatic carbocycles. The summed E-state index contributed by atoms with van der Waals surface area (Å²) < 4.78 is 9.41. The van der Waals surface area contributed by atoms with Gasteiger partial charge in [-0.2, -0.15) is 0 Å². The van der Waals surface area contributed by atoms with Crippen LogP contribution in [0, 0.1) is 0 Å². The highest BCUT2D eigenvalue weighted by Crippen LogP contribution is 2.32. The van der Waals surface area contributed by atoms with Crippen molar-refractivity contribution in [2.75, 3.05) is 12.8 Å². The zero-order valence-corrected chi connectivity index (χ0v) is 9.69. The second-order valence-electron chi connectivity index (χ2n) is 3.24. The Balaban J connectivity index is 2.61. The van der Waals surface area contributed by atoms with Gasteiger partial charge in [0.15, 0.2) is 5.56 Å². The Hall–Kier alpha value is -2.01. The summed E-state index contributed by atoms with van der Waals surface area (Å²) in [4.78, 5) is 11.6. The summed E-state index contributed by atoms with van der Waals surface area (Å²) in [6, 6.07) is 6.94. The summed E-state index contributed by atoms with van der Waals surface area (Å²) in [6.45, 7) is 0. The first kappa shape index (κ1) is 11.5. The lowest BCUT2D eigenvalue weighted by molar-refractivity contribution is 0.0602. The van der Waals surface area contributed by atoms with Crippen LogP contribution in [-0.2, 0) is 4.74 Å². The molecule has 2 aromatic rings. The normalized spacial score (nSPS) is 10.2. The molecule has 88 valence electrons. The van der Waals surface area contributed by atoms with Gasteiger partial charge >= 0.3 is 5.97 Å². The third kappa shape index (κ3) is 1.97. The number of carbonyl (C=O) groups excluding carboxylic acids is 1. The number of esters is 1. The van der Waals surface area contributed by atoms with E-state index in [-0.39, 0.29) is 17.1 Å². The van der Waals surface area contributed by atoms with E-state index in [4.69, 9.17) is 21.9 Å². The predicted octanol–water partition coefficient (Wildman–Crippen LogP) is 2.36. The third-order valence-electron chi connectivity index (χ3n) is 2.24. The molecule has 0 unspecified atom stereocenters. The number of halogens is 1. The number of rotatable bonds is 2. The highest BCUT2D eigenvalue weighted by atomic mass is 35.5. The zero-order chi connectivity index (χ0) is 12.4. The van der Waals surface area contributed by atoms with E-state index in [2.05, 4.69) is 9.89 Å². The quantitative estimate of drug-likeness (QED) is 0.830. The minimum absolute atomic E-state index is 0.0839. The molecule has 0 bridgehead atoms. The molecular formula is C11H9ClN2O3. The van der Waals surface area contributed by atoms with Gasteiger partial charge in [-0.25, -0.2) is 4.79 Å². The molecule has 17 heavy (non-hydrogen) atoms. The Morgan fingerprint density at radius 3 is 2.82 bits per heavy atom. The number of benzene rings is 1. The average molecular weight is 253 g/mol. The minimum Gasteiger partial charge on any atom is -0.465 e. The van der Waals surface area contributed by atoms with Crippen LogP contribution in [-0.4, -0.2) is 18.2 Å². The van der Waals surface area contributed by atoms with Gasteiger partial charge in [0.05, 0.1) is 12.1 Å². The van der Waals surface area contributed by atoms with Gasteiger partial charge in [0.1, 0.15) is 5.69 Å². The van der Waals surface area contributed by atoms with Crippen LogP contribution >= 0.6 is 11.6 Å². The molecule has 2 rings (SSSR count). The van der Waals surface area contributed by atoms with Crippen LogP contribution in [0.25, 0.3) is 11.3 Å². The maximum Gasteiger partial charge on any atom is 0.345 e. The third-order valence-corrected chi connectivity index (χ3v) is 2.57. The zero-order valence-electron chi connectivity index (χ0n) is 8.94. The maximum atomic E-state index is 11.6. The van der Waals surface area contributed by atoms with Gasteiger partial charge in [-0.3, -0.25) is 0 Å². The van der Waals surface area contributed by atoms with Gasteiger partial charge < -0.3 is 15.0 Å². The maximum absolute atomic E-state index is 11.6. The number of hydrogen-bond donors (Lipinski definition) is 1. The monoisotopic (exact) mass is 252 g/mol. The molecular weight excluding hydrogens is 244 g/mol. The van der Waals surface area contributed by atoms with Crippen molar-refractivity contribution < 1.29 is 14.1 Å². The highest BCUT2D eigenvalue weighted by Gasteiger charge is 2.24. The van der Waals surface area contributed by atoms with Crippen molar-refractivity contribution in [2.24, 2.45) is 0 Å². The van der Waals surface area contributed by atoms with Crippen molar-refractivity contribution in [3.8, 4) is 11.3 Å². The second-order valence-corrected chi connectivity index (χ2v) is 3.65. The van der Waals surface area contributed by atoms with E-state index >= 15 is 0 Å². The number of nitrogen functional groups attached to an aromatic ring is 1. The first-order chi connectivity index (χ1) is 8.15. The minimum atomic E-state index is -0.612.